The van der Waals surface area contributed by atoms with Crippen LogP contribution in [0.25, 0.3) is 0 Å². The van der Waals surface area contributed by atoms with E-state index in [1.807, 2.05) is 20.8 Å². The van der Waals surface area contributed by atoms with Crippen molar-refractivity contribution in [2.24, 2.45) is 16.1 Å². The van der Waals surface area contributed by atoms with Crippen molar-refractivity contribution in [1.29, 1.82) is 0 Å². The molecule has 20 heavy (non-hydrogen) atoms. The summed E-state index contributed by atoms with van der Waals surface area (Å²) in [5.74, 6) is 0. The highest BCUT2D eigenvalue weighted by molar-refractivity contribution is 4.89. The van der Waals surface area contributed by atoms with Crippen molar-refractivity contribution >= 4 is 0 Å². The first-order valence-corrected chi connectivity index (χ1v) is 7.40. The first-order chi connectivity index (χ1) is 8.82. The fourth-order valence-corrected chi connectivity index (χ4v) is 3.24. The smallest absolute Gasteiger partial charge is 0.233 e. The van der Waals surface area contributed by atoms with E-state index in [0.29, 0.717) is 4.97 Å². The molecule has 0 heterocycles. The Morgan fingerprint density at radius 2 is 1.60 bits per heavy atom. The van der Waals surface area contributed by atoms with Crippen LogP contribution in [0.2, 0.25) is 0 Å². The lowest BCUT2D eigenvalue weighted by molar-refractivity contribution is -0.720. The van der Waals surface area contributed by atoms with E-state index in [2.05, 4.69) is 33.0 Å². The topological polar surface area (TPSA) is 50.9 Å². The van der Waals surface area contributed by atoms with E-state index in [1.165, 1.54) is 11.4 Å². The lowest BCUT2D eigenvalue weighted by Crippen LogP contribution is -2.43. The third-order valence-electron chi connectivity index (χ3n) is 4.01. The summed E-state index contributed by atoms with van der Waals surface area (Å²) in [6.07, 6.45) is 3.06. The van der Waals surface area contributed by atoms with Crippen LogP contribution in [0.4, 0.5) is 0 Å². The molecular weight excluding hydrogens is 254 g/mol. The van der Waals surface area contributed by atoms with Crippen molar-refractivity contribution in [3.05, 3.63) is 5.21 Å². The van der Waals surface area contributed by atoms with E-state index >= 15 is 0 Å². The molecule has 1 aliphatic carbocycles. The molecule has 1 fully saturated rings. The van der Waals surface area contributed by atoms with Crippen LogP contribution >= 0.6 is 0 Å². The average molecular weight is 285 g/mol. The van der Waals surface area contributed by atoms with Crippen molar-refractivity contribution in [3.63, 3.8) is 0 Å². The van der Waals surface area contributed by atoms with Gasteiger partial charge in [-0.25, -0.2) is 0 Å². The molecule has 0 saturated heterocycles. The third-order valence-corrected chi connectivity index (χ3v) is 4.01. The van der Waals surface area contributed by atoms with E-state index in [0.717, 1.165) is 12.8 Å². The molecule has 0 atom stereocenters. The highest BCUT2D eigenvalue weighted by atomic mass is 16.7. The molecule has 0 unspecified atom stereocenters. The summed E-state index contributed by atoms with van der Waals surface area (Å²) < 4.78 is 0. The molecule has 1 saturated carbocycles. The van der Waals surface area contributed by atoms with Crippen LogP contribution in [0.5, 0.6) is 0 Å². The Kier molecular flexibility index (Phi) is 4.62. The maximum atomic E-state index is 11.9. The van der Waals surface area contributed by atoms with Crippen LogP contribution in [0.1, 0.15) is 67.7 Å². The molecule has 118 valence electrons. The third kappa shape index (κ3) is 4.84. The second kappa shape index (κ2) is 5.41. The van der Waals surface area contributed by atoms with Gasteiger partial charge in [0, 0.05) is 0 Å². The van der Waals surface area contributed by atoms with Gasteiger partial charge in [0.15, 0.2) is 0 Å². The second-order valence-corrected chi connectivity index (χ2v) is 8.67. The highest BCUT2D eigenvalue weighted by Gasteiger charge is 2.40. The standard InChI is InChI=1S/C15H31N3O2/c1-13(2,3)17(8)18(19)16-20-12-9-14(4,5)11-15(6,7)10-12/h12H,9-11H2,1-8H3/b18-16-. The Morgan fingerprint density at radius 3 is 2.00 bits per heavy atom. The molecule has 0 aliphatic heterocycles. The quantitative estimate of drug-likeness (QED) is 0.445. The number of hydrogen-bond acceptors (Lipinski definition) is 3. The Balaban J connectivity index is 2.69. The monoisotopic (exact) mass is 285 g/mol. The zero-order valence-corrected chi connectivity index (χ0v) is 14.4. The number of hydrazine groups is 1. The minimum Gasteiger partial charge on any atom is -0.569 e. The first-order valence-electron chi connectivity index (χ1n) is 7.40. The van der Waals surface area contributed by atoms with E-state index < -0.39 is 0 Å². The van der Waals surface area contributed by atoms with Crippen molar-refractivity contribution in [3.8, 4) is 0 Å². The average Bonchev–Trinajstić information content (AvgIpc) is 2.19. The fraction of sp³-hybridized carbons (Fsp3) is 1.00. The molecule has 5 nitrogen and oxygen atoms in total. The van der Waals surface area contributed by atoms with Gasteiger partial charge in [-0.3, -0.25) is 0 Å². The van der Waals surface area contributed by atoms with Gasteiger partial charge >= 0.3 is 0 Å². The minimum absolute atomic E-state index is 0.0126. The van der Waals surface area contributed by atoms with Gasteiger partial charge in [-0.2, -0.15) is 0 Å². The summed E-state index contributed by atoms with van der Waals surface area (Å²) in [5, 5.41) is 17.2. The van der Waals surface area contributed by atoms with Crippen molar-refractivity contribution in [2.45, 2.75) is 79.4 Å². The zero-order chi connectivity index (χ0) is 15.8. The van der Waals surface area contributed by atoms with Crippen LogP contribution in [0, 0.1) is 16.0 Å². The van der Waals surface area contributed by atoms with Crippen LogP contribution < -0.4 is 0 Å². The van der Waals surface area contributed by atoms with Crippen LogP contribution in [0.15, 0.2) is 5.28 Å². The molecule has 0 spiro atoms. The molecule has 1 aliphatic rings. The molecule has 1 rings (SSSR count). The molecule has 0 radical (unpaired) electrons. The number of rotatable bonds is 3. The van der Waals surface area contributed by atoms with Crippen molar-refractivity contribution in [2.75, 3.05) is 7.05 Å². The minimum atomic E-state index is -0.278. The largest absolute Gasteiger partial charge is 0.569 e. The van der Waals surface area contributed by atoms with Crippen LogP contribution in [-0.2, 0) is 4.84 Å². The Morgan fingerprint density at radius 1 is 1.15 bits per heavy atom. The lowest BCUT2D eigenvalue weighted by Gasteiger charge is -2.43. The molecule has 0 aromatic rings. The number of nitrogens with zero attached hydrogens (tertiary/aromatic N) is 3. The molecule has 0 aromatic carbocycles. The highest BCUT2D eigenvalue weighted by Crippen LogP contribution is 2.46. The van der Waals surface area contributed by atoms with E-state index in [9.17, 15) is 5.21 Å². The summed E-state index contributed by atoms with van der Waals surface area (Å²) in [7, 11) is 1.72. The normalized spacial score (nSPS) is 23.5. The predicted octanol–water partition coefficient (Wildman–Crippen LogP) is 4.13. The Bertz CT molecular complexity index is 354. The van der Waals surface area contributed by atoms with Crippen molar-refractivity contribution in [1.82, 2.24) is 5.01 Å². The predicted molar refractivity (Wildman–Crippen MR) is 79.9 cm³/mol. The van der Waals surface area contributed by atoms with Gasteiger partial charge in [-0.15, -0.1) is 5.01 Å². The Hall–Kier alpha value is -1.00. The molecule has 0 amide bonds. The maximum absolute atomic E-state index is 11.9. The summed E-state index contributed by atoms with van der Waals surface area (Å²) in [6, 6.07) is 0. The van der Waals surface area contributed by atoms with Gasteiger partial charge in [-0.05, 0) is 50.9 Å². The van der Waals surface area contributed by atoms with Crippen LogP contribution in [0.3, 0.4) is 0 Å². The molecular formula is C15H31N3O2. The summed E-state index contributed by atoms with van der Waals surface area (Å²) in [4.78, 5) is 6.08. The SMILES string of the molecule is CN(/[N+]([O-])=N/OC1CC(C)(C)CC(C)(C)C1)C(C)(C)C. The van der Waals surface area contributed by atoms with Crippen LogP contribution in [-0.4, -0.2) is 28.7 Å². The Labute approximate surface area is 123 Å². The molecule has 5 heteroatoms. The molecule has 0 bridgehead atoms. The molecule has 0 N–H and O–H groups in total. The van der Waals surface area contributed by atoms with Gasteiger partial charge in [0.25, 0.3) is 0 Å². The zero-order valence-electron chi connectivity index (χ0n) is 14.4. The van der Waals surface area contributed by atoms with Gasteiger partial charge in [-0.1, -0.05) is 27.7 Å². The van der Waals surface area contributed by atoms with E-state index in [-0.39, 0.29) is 22.5 Å². The lowest BCUT2D eigenvalue weighted by atomic mass is 9.64. The van der Waals surface area contributed by atoms with E-state index in [1.54, 1.807) is 7.05 Å². The van der Waals surface area contributed by atoms with Gasteiger partial charge < -0.3 is 10.0 Å². The molecule has 0 aromatic heterocycles. The summed E-state index contributed by atoms with van der Waals surface area (Å²) in [5.41, 5.74) is 0.177. The van der Waals surface area contributed by atoms with Crippen molar-refractivity contribution < 1.29 is 9.81 Å². The van der Waals surface area contributed by atoms with Gasteiger partial charge in [0.2, 0.25) is 5.28 Å². The second-order valence-electron chi connectivity index (χ2n) is 8.67. The van der Waals surface area contributed by atoms with E-state index in [4.69, 9.17) is 4.84 Å². The maximum Gasteiger partial charge on any atom is 0.233 e. The van der Waals surface area contributed by atoms with Gasteiger partial charge in [0.1, 0.15) is 6.10 Å². The van der Waals surface area contributed by atoms with Gasteiger partial charge in [0.05, 0.1) is 17.6 Å². The first kappa shape index (κ1) is 17.1. The summed E-state index contributed by atoms with van der Waals surface area (Å²) in [6.45, 7) is 14.9. The fourth-order valence-electron chi connectivity index (χ4n) is 3.24. The number of hydrogen-bond donors (Lipinski definition) is 0. The summed E-state index contributed by atoms with van der Waals surface area (Å²) >= 11 is 0.